The summed E-state index contributed by atoms with van der Waals surface area (Å²) >= 11 is 0. The van der Waals surface area contributed by atoms with Gasteiger partial charge in [0.2, 0.25) is 0 Å². The van der Waals surface area contributed by atoms with Crippen LogP contribution < -0.4 is 5.32 Å². The van der Waals surface area contributed by atoms with E-state index in [0.717, 1.165) is 32.7 Å². The normalized spacial score (nSPS) is 18.6. The van der Waals surface area contributed by atoms with Gasteiger partial charge in [-0.15, -0.1) is 0 Å². The van der Waals surface area contributed by atoms with E-state index in [-0.39, 0.29) is 5.60 Å². The Morgan fingerprint density at radius 1 is 1.00 bits per heavy atom. The Morgan fingerprint density at radius 2 is 1.79 bits per heavy atom. The van der Waals surface area contributed by atoms with Crippen LogP contribution in [0.2, 0.25) is 0 Å². The van der Waals surface area contributed by atoms with Crippen LogP contribution in [0.15, 0.2) is 0 Å². The Labute approximate surface area is 118 Å². The van der Waals surface area contributed by atoms with E-state index >= 15 is 0 Å². The van der Waals surface area contributed by atoms with Gasteiger partial charge in [0.15, 0.2) is 0 Å². The van der Waals surface area contributed by atoms with Crippen molar-refractivity contribution in [3.05, 3.63) is 0 Å². The third kappa shape index (κ3) is 7.25. The highest BCUT2D eigenvalue weighted by molar-refractivity contribution is 4.86. The molecule has 0 atom stereocenters. The molecule has 4 heteroatoms. The number of hydrogen-bond acceptors (Lipinski definition) is 4. The third-order valence-electron chi connectivity index (χ3n) is 3.74. The van der Waals surface area contributed by atoms with Crippen molar-refractivity contribution >= 4 is 0 Å². The SMILES string of the molecule is CCNCC1(OCCOCCCOC)CCCCC1. The van der Waals surface area contributed by atoms with Gasteiger partial charge in [0.25, 0.3) is 0 Å². The topological polar surface area (TPSA) is 39.7 Å². The van der Waals surface area contributed by atoms with Crippen molar-refractivity contribution in [1.29, 1.82) is 0 Å². The van der Waals surface area contributed by atoms with Crippen LogP contribution in [0.4, 0.5) is 0 Å². The first-order chi connectivity index (χ1) is 9.33. The maximum absolute atomic E-state index is 6.16. The Hall–Kier alpha value is -0.160. The van der Waals surface area contributed by atoms with Gasteiger partial charge in [-0.25, -0.2) is 0 Å². The average Bonchev–Trinajstić information content (AvgIpc) is 2.45. The summed E-state index contributed by atoms with van der Waals surface area (Å²) in [5.74, 6) is 0. The van der Waals surface area contributed by atoms with Gasteiger partial charge in [-0.1, -0.05) is 26.2 Å². The van der Waals surface area contributed by atoms with Crippen molar-refractivity contribution in [2.45, 2.75) is 51.0 Å². The highest BCUT2D eigenvalue weighted by Gasteiger charge is 2.32. The van der Waals surface area contributed by atoms with Gasteiger partial charge in [-0.05, 0) is 25.8 Å². The van der Waals surface area contributed by atoms with E-state index in [4.69, 9.17) is 14.2 Å². The van der Waals surface area contributed by atoms with Gasteiger partial charge in [-0.3, -0.25) is 0 Å². The van der Waals surface area contributed by atoms with E-state index < -0.39 is 0 Å². The summed E-state index contributed by atoms with van der Waals surface area (Å²) in [6.45, 7) is 7.07. The summed E-state index contributed by atoms with van der Waals surface area (Å²) in [6, 6.07) is 0. The molecule has 0 bridgehead atoms. The summed E-state index contributed by atoms with van der Waals surface area (Å²) in [4.78, 5) is 0. The van der Waals surface area contributed by atoms with Gasteiger partial charge in [0.1, 0.15) is 0 Å². The first-order valence-corrected chi connectivity index (χ1v) is 7.74. The molecule has 0 unspecified atom stereocenters. The quantitative estimate of drug-likeness (QED) is 0.587. The number of ether oxygens (including phenoxy) is 3. The lowest BCUT2D eigenvalue weighted by molar-refractivity contribution is -0.0865. The van der Waals surface area contributed by atoms with Crippen LogP contribution in [0.3, 0.4) is 0 Å². The molecule has 19 heavy (non-hydrogen) atoms. The van der Waals surface area contributed by atoms with Crippen molar-refractivity contribution in [1.82, 2.24) is 5.32 Å². The summed E-state index contributed by atoms with van der Waals surface area (Å²) in [5.41, 5.74) is 0.0597. The predicted octanol–water partition coefficient (Wildman–Crippen LogP) is 2.37. The molecule has 4 nitrogen and oxygen atoms in total. The minimum atomic E-state index is 0.0597. The molecule has 1 aliphatic rings. The summed E-state index contributed by atoms with van der Waals surface area (Å²) in [7, 11) is 1.72. The molecule has 0 radical (unpaired) electrons. The second-order valence-corrected chi connectivity index (χ2v) is 5.33. The molecule has 0 amide bonds. The molecule has 0 spiro atoms. The van der Waals surface area contributed by atoms with E-state index in [2.05, 4.69) is 12.2 Å². The predicted molar refractivity (Wildman–Crippen MR) is 77.6 cm³/mol. The second kappa shape index (κ2) is 10.6. The molecule has 0 aromatic heterocycles. The fourth-order valence-electron chi connectivity index (χ4n) is 2.65. The van der Waals surface area contributed by atoms with Crippen LogP contribution in [-0.4, -0.2) is 52.2 Å². The molecule has 1 rings (SSSR count). The lowest BCUT2D eigenvalue weighted by Crippen LogP contribution is -2.45. The van der Waals surface area contributed by atoms with Gasteiger partial charge >= 0.3 is 0 Å². The molecule has 1 aliphatic carbocycles. The van der Waals surface area contributed by atoms with Crippen molar-refractivity contribution in [3.63, 3.8) is 0 Å². The Bertz CT molecular complexity index is 206. The second-order valence-electron chi connectivity index (χ2n) is 5.33. The first kappa shape index (κ1) is 16.9. The molecule has 0 saturated heterocycles. The van der Waals surface area contributed by atoms with Gasteiger partial charge < -0.3 is 19.5 Å². The van der Waals surface area contributed by atoms with Crippen LogP contribution in [0.5, 0.6) is 0 Å². The smallest absolute Gasteiger partial charge is 0.0807 e. The molecule has 1 N–H and O–H groups in total. The first-order valence-electron chi connectivity index (χ1n) is 7.74. The number of nitrogens with one attached hydrogen (secondary N) is 1. The zero-order valence-corrected chi connectivity index (χ0v) is 12.7. The third-order valence-corrected chi connectivity index (χ3v) is 3.74. The number of rotatable bonds is 11. The monoisotopic (exact) mass is 273 g/mol. The molecular weight excluding hydrogens is 242 g/mol. The molecule has 0 aromatic carbocycles. The van der Waals surface area contributed by atoms with Crippen molar-refractivity contribution in [2.24, 2.45) is 0 Å². The number of hydrogen-bond donors (Lipinski definition) is 1. The zero-order valence-electron chi connectivity index (χ0n) is 12.7. The van der Waals surface area contributed by atoms with Crippen LogP contribution in [0.1, 0.15) is 45.4 Å². The maximum atomic E-state index is 6.16. The summed E-state index contributed by atoms with van der Waals surface area (Å²) < 4.78 is 16.7. The molecule has 0 heterocycles. The summed E-state index contributed by atoms with van der Waals surface area (Å²) in [5, 5.41) is 3.45. The van der Waals surface area contributed by atoms with E-state index in [1.54, 1.807) is 7.11 Å². The minimum Gasteiger partial charge on any atom is -0.385 e. The van der Waals surface area contributed by atoms with E-state index in [1.807, 2.05) is 0 Å². The zero-order chi connectivity index (χ0) is 13.8. The molecule has 114 valence electrons. The van der Waals surface area contributed by atoms with Crippen LogP contribution in [-0.2, 0) is 14.2 Å². The average molecular weight is 273 g/mol. The number of likely N-dealkylation sites (N-methyl/N-ethyl adjacent to an activating group) is 1. The van der Waals surface area contributed by atoms with E-state index in [9.17, 15) is 0 Å². The largest absolute Gasteiger partial charge is 0.385 e. The van der Waals surface area contributed by atoms with E-state index in [1.165, 1.54) is 32.1 Å². The van der Waals surface area contributed by atoms with Crippen molar-refractivity contribution < 1.29 is 14.2 Å². The van der Waals surface area contributed by atoms with Gasteiger partial charge in [-0.2, -0.15) is 0 Å². The fourth-order valence-corrected chi connectivity index (χ4v) is 2.65. The maximum Gasteiger partial charge on any atom is 0.0807 e. The molecule has 1 fully saturated rings. The van der Waals surface area contributed by atoms with E-state index in [0.29, 0.717) is 13.2 Å². The van der Waals surface area contributed by atoms with Crippen LogP contribution in [0.25, 0.3) is 0 Å². The summed E-state index contributed by atoms with van der Waals surface area (Å²) in [6.07, 6.45) is 7.26. The highest BCUT2D eigenvalue weighted by atomic mass is 16.5. The fraction of sp³-hybridized carbons (Fsp3) is 1.00. The van der Waals surface area contributed by atoms with Gasteiger partial charge in [0.05, 0.1) is 18.8 Å². The Balaban J connectivity index is 2.14. The molecule has 1 saturated carbocycles. The standard InChI is InChI=1S/C15H31NO3/c1-3-16-14-15(8-5-4-6-9-15)19-13-12-18-11-7-10-17-2/h16H,3-14H2,1-2H3. The number of methoxy groups -OCH3 is 1. The lowest BCUT2D eigenvalue weighted by Gasteiger charge is -2.37. The molecule has 0 aromatic rings. The van der Waals surface area contributed by atoms with Crippen LogP contribution >= 0.6 is 0 Å². The molecule has 0 aliphatic heterocycles. The molecular formula is C15H31NO3. The minimum absolute atomic E-state index is 0.0597. The van der Waals surface area contributed by atoms with Crippen molar-refractivity contribution in [2.75, 3.05) is 46.6 Å². The van der Waals surface area contributed by atoms with Crippen LogP contribution in [0, 0.1) is 0 Å². The van der Waals surface area contributed by atoms with Crippen molar-refractivity contribution in [3.8, 4) is 0 Å². The lowest BCUT2D eigenvalue weighted by atomic mass is 9.84. The van der Waals surface area contributed by atoms with Gasteiger partial charge in [0, 0.05) is 26.9 Å². The Morgan fingerprint density at radius 3 is 2.47 bits per heavy atom. The Kier molecular flexibility index (Phi) is 9.43. The highest BCUT2D eigenvalue weighted by Crippen LogP contribution is 2.31.